The molecule has 0 aliphatic rings. The van der Waals surface area contributed by atoms with Crippen molar-refractivity contribution < 1.29 is 0 Å². The van der Waals surface area contributed by atoms with Crippen LogP contribution in [0, 0.1) is 0 Å². The van der Waals surface area contributed by atoms with Gasteiger partial charge in [-0.05, 0) is 0 Å². The van der Waals surface area contributed by atoms with Gasteiger partial charge < -0.3 is 0 Å². The van der Waals surface area contributed by atoms with Crippen molar-refractivity contribution in [1.29, 1.82) is 0 Å². The number of hydrogen-bond acceptors (Lipinski definition) is 0. The first-order valence-corrected chi connectivity index (χ1v) is 16.2. The number of hydrogen-bond donors (Lipinski definition) is 0. The molecule has 0 nitrogen and oxygen atoms in total. The first-order valence-electron chi connectivity index (χ1n) is 8.46. The van der Waals surface area contributed by atoms with E-state index in [2.05, 4.69) is 52.5 Å². The van der Waals surface area contributed by atoms with Gasteiger partial charge in [-0.3, -0.25) is 0 Å². The molecule has 19 heavy (non-hydrogen) atoms. The molecule has 0 saturated heterocycles. The molecule has 0 aliphatic carbocycles. The molecule has 0 aromatic carbocycles. The van der Waals surface area contributed by atoms with Gasteiger partial charge in [0.2, 0.25) is 0 Å². The van der Waals surface area contributed by atoms with E-state index in [4.69, 9.17) is 0 Å². The van der Waals surface area contributed by atoms with Gasteiger partial charge in [0, 0.05) is 0 Å². The standard InChI is InChI=1S/C6H9.3C4H9.Sn/c1-3-5-6-4-2;3*1-3-4-2;/h3-6H,1H2,2H3;3*1,3-4H2,2H3;/b6-4+;;;;. The predicted octanol–water partition coefficient (Wildman–Crippen LogP) is 6.97. The van der Waals surface area contributed by atoms with Gasteiger partial charge in [-0.15, -0.1) is 0 Å². The van der Waals surface area contributed by atoms with Gasteiger partial charge in [-0.25, -0.2) is 0 Å². The Kier molecular flexibility index (Phi) is 12.2. The van der Waals surface area contributed by atoms with E-state index >= 15 is 0 Å². The molecule has 0 bridgehead atoms. The van der Waals surface area contributed by atoms with Crippen LogP contribution in [-0.4, -0.2) is 18.4 Å². The molecule has 112 valence electrons. The molecule has 0 rings (SSSR count). The second kappa shape index (κ2) is 12.1. The van der Waals surface area contributed by atoms with Crippen molar-refractivity contribution in [2.75, 3.05) is 0 Å². The topological polar surface area (TPSA) is 0 Å². The average molecular weight is 371 g/mol. The fraction of sp³-hybridized carbons (Fsp3) is 0.778. The Morgan fingerprint density at radius 3 is 1.58 bits per heavy atom. The third kappa shape index (κ3) is 7.01. The third-order valence-corrected chi connectivity index (χ3v) is 21.3. The Morgan fingerprint density at radius 1 is 0.895 bits per heavy atom. The molecule has 0 aromatic heterocycles. The Labute approximate surface area is 126 Å². The fourth-order valence-corrected chi connectivity index (χ4v) is 20.4. The summed E-state index contributed by atoms with van der Waals surface area (Å²) in [5.41, 5.74) is 0. The van der Waals surface area contributed by atoms with Crippen molar-refractivity contribution in [3.8, 4) is 0 Å². The second-order valence-electron chi connectivity index (χ2n) is 5.96. The van der Waals surface area contributed by atoms with Gasteiger partial charge in [0.1, 0.15) is 0 Å². The summed E-state index contributed by atoms with van der Waals surface area (Å²) in [6.07, 6.45) is 15.5. The molecule has 0 saturated carbocycles. The van der Waals surface area contributed by atoms with Gasteiger partial charge in [0.25, 0.3) is 0 Å². The Balaban J connectivity index is 5.09. The van der Waals surface area contributed by atoms with Crippen LogP contribution in [0.2, 0.25) is 17.2 Å². The molecular weight excluding hydrogens is 335 g/mol. The molecule has 0 radical (unpaired) electrons. The molecule has 0 heterocycles. The summed E-state index contributed by atoms with van der Waals surface area (Å²) in [6.45, 7) is 13.4. The van der Waals surface area contributed by atoms with Crippen molar-refractivity contribution in [3.63, 3.8) is 0 Å². The van der Waals surface area contributed by atoms with Crippen LogP contribution in [-0.2, 0) is 0 Å². The van der Waals surface area contributed by atoms with Gasteiger partial charge in [-0.2, -0.15) is 0 Å². The van der Waals surface area contributed by atoms with Crippen molar-refractivity contribution >= 4 is 18.4 Å². The molecule has 0 fully saturated rings. The van der Waals surface area contributed by atoms with Crippen LogP contribution in [0.1, 0.15) is 66.2 Å². The van der Waals surface area contributed by atoms with Crippen LogP contribution in [0.3, 0.4) is 0 Å². The van der Waals surface area contributed by atoms with Crippen molar-refractivity contribution in [3.05, 3.63) is 24.8 Å². The molecule has 1 heteroatoms. The van der Waals surface area contributed by atoms with Crippen LogP contribution in [0.4, 0.5) is 0 Å². The molecule has 0 N–H and O–H groups in total. The van der Waals surface area contributed by atoms with E-state index in [0.717, 1.165) is 3.93 Å². The van der Waals surface area contributed by atoms with Crippen molar-refractivity contribution in [1.82, 2.24) is 0 Å². The SMILES string of the molecule is C=C[CH](/C=C/C)[Sn]([CH2]CCC)([CH2]CCC)[CH2]CCC. The summed E-state index contributed by atoms with van der Waals surface area (Å²) in [5.74, 6) is 0. The zero-order valence-electron chi connectivity index (χ0n) is 13.9. The maximum absolute atomic E-state index is 4.17. The first kappa shape index (κ1) is 19.3. The average Bonchev–Trinajstić information content (AvgIpc) is 2.44. The van der Waals surface area contributed by atoms with Gasteiger partial charge >= 0.3 is 127 Å². The van der Waals surface area contributed by atoms with Crippen molar-refractivity contribution in [2.24, 2.45) is 0 Å². The minimum atomic E-state index is -2.08. The summed E-state index contributed by atoms with van der Waals surface area (Å²) < 4.78 is 5.49. The summed E-state index contributed by atoms with van der Waals surface area (Å²) in [4.78, 5) is 0. The molecular formula is C18H36Sn. The van der Waals surface area contributed by atoms with E-state index in [0.29, 0.717) is 0 Å². The van der Waals surface area contributed by atoms with Crippen LogP contribution in [0.25, 0.3) is 0 Å². The number of unbranched alkanes of at least 4 members (excludes halogenated alkanes) is 3. The van der Waals surface area contributed by atoms with E-state index in [1.807, 2.05) is 0 Å². The van der Waals surface area contributed by atoms with E-state index < -0.39 is 18.4 Å². The predicted molar refractivity (Wildman–Crippen MR) is 93.7 cm³/mol. The van der Waals surface area contributed by atoms with Gasteiger partial charge in [0.05, 0.1) is 0 Å². The van der Waals surface area contributed by atoms with Gasteiger partial charge in [0.15, 0.2) is 0 Å². The Bertz CT molecular complexity index is 220. The van der Waals surface area contributed by atoms with Crippen LogP contribution < -0.4 is 0 Å². The molecule has 1 unspecified atom stereocenters. The zero-order valence-corrected chi connectivity index (χ0v) is 16.7. The summed E-state index contributed by atoms with van der Waals surface area (Å²) >= 11 is -2.08. The van der Waals surface area contributed by atoms with E-state index in [-0.39, 0.29) is 0 Å². The second-order valence-corrected chi connectivity index (χ2v) is 19.9. The van der Waals surface area contributed by atoms with E-state index in [9.17, 15) is 0 Å². The van der Waals surface area contributed by atoms with Gasteiger partial charge in [-0.1, -0.05) is 0 Å². The molecule has 0 spiro atoms. The van der Waals surface area contributed by atoms with Crippen LogP contribution in [0.15, 0.2) is 24.8 Å². The third-order valence-electron chi connectivity index (χ3n) is 4.45. The number of rotatable bonds is 12. The quantitative estimate of drug-likeness (QED) is 0.257. The number of allylic oxidation sites excluding steroid dienone is 3. The normalized spacial score (nSPS) is 13.9. The maximum atomic E-state index is 4.17. The fourth-order valence-electron chi connectivity index (χ4n) is 3.20. The summed E-state index contributed by atoms with van der Waals surface area (Å²) in [7, 11) is 0. The van der Waals surface area contributed by atoms with Crippen LogP contribution in [0.5, 0.6) is 0 Å². The zero-order chi connectivity index (χ0) is 14.6. The van der Waals surface area contributed by atoms with E-state index in [1.165, 1.54) is 38.5 Å². The molecule has 0 aromatic rings. The van der Waals surface area contributed by atoms with Crippen LogP contribution >= 0.6 is 0 Å². The minimum absolute atomic E-state index is 0.768. The Morgan fingerprint density at radius 2 is 1.32 bits per heavy atom. The Hall–Kier alpha value is 0.279. The monoisotopic (exact) mass is 372 g/mol. The van der Waals surface area contributed by atoms with Crippen molar-refractivity contribution in [2.45, 2.75) is 83.5 Å². The van der Waals surface area contributed by atoms with E-state index in [1.54, 1.807) is 13.3 Å². The molecule has 0 amide bonds. The summed E-state index contributed by atoms with van der Waals surface area (Å²) in [6, 6.07) is 0. The first-order chi connectivity index (χ1) is 9.20. The molecule has 0 aliphatic heterocycles. The summed E-state index contributed by atoms with van der Waals surface area (Å²) in [5, 5.41) is 0. The molecule has 1 atom stereocenters.